The van der Waals surface area contributed by atoms with Crippen molar-refractivity contribution in [1.82, 2.24) is 15.1 Å². The molecule has 7 nitrogen and oxygen atoms in total. The summed E-state index contributed by atoms with van der Waals surface area (Å²) in [6.07, 6.45) is 3.22. The van der Waals surface area contributed by atoms with Gasteiger partial charge in [0.15, 0.2) is 0 Å². The van der Waals surface area contributed by atoms with Crippen molar-refractivity contribution in [2.24, 2.45) is 9.98 Å². The van der Waals surface area contributed by atoms with Crippen molar-refractivity contribution in [1.29, 1.82) is 0 Å². The van der Waals surface area contributed by atoms with Gasteiger partial charge in [0.05, 0.1) is 6.54 Å². The van der Waals surface area contributed by atoms with E-state index >= 15 is 0 Å². The highest BCUT2D eigenvalue weighted by Gasteiger charge is 2.27. The molecule has 2 amide bonds. The van der Waals surface area contributed by atoms with Crippen molar-refractivity contribution in [3.05, 3.63) is 0 Å². The third-order valence-electron chi connectivity index (χ3n) is 3.49. The van der Waals surface area contributed by atoms with Gasteiger partial charge in [-0.25, -0.2) is 0 Å². The van der Waals surface area contributed by atoms with Crippen LogP contribution in [-0.4, -0.2) is 85.9 Å². The van der Waals surface area contributed by atoms with E-state index in [2.05, 4.69) is 20.2 Å². The van der Waals surface area contributed by atoms with Crippen LogP contribution >= 0.6 is 0 Å². The molecule has 0 saturated carbocycles. The van der Waals surface area contributed by atoms with Crippen LogP contribution in [0.5, 0.6) is 0 Å². The smallest absolute Gasteiger partial charge is 0.249 e. The first-order chi connectivity index (χ1) is 9.66. The Labute approximate surface area is 118 Å². The summed E-state index contributed by atoms with van der Waals surface area (Å²) in [6, 6.07) is -0.342. The molecule has 0 aromatic rings. The van der Waals surface area contributed by atoms with Crippen LogP contribution < -0.4 is 5.32 Å². The number of nitrogens with zero attached hydrogens (tertiary/aromatic N) is 4. The fraction of sp³-hybridized carbons (Fsp3) is 0.692. The Morgan fingerprint density at radius 2 is 2.00 bits per heavy atom. The van der Waals surface area contributed by atoms with Crippen LogP contribution in [-0.2, 0) is 9.59 Å². The van der Waals surface area contributed by atoms with E-state index in [1.807, 2.05) is 4.90 Å². The molecular weight excluding hydrogens is 258 g/mol. The van der Waals surface area contributed by atoms with Crippen LogP contribution in [0.4, 0.5) is 0 Å². The summed E-state index contributed by atoms with van der Waals surface area (Å²) in [6.45, 7) is 6.57. The second-order valence-corrected chi connectivity index (χ2v) is 4.98. The summed E-state index contributed by atoms with van der Waals surface area (Å²) in [4.78, 5) is 35.4. The number of nitrogens with one attached hydrogen (secondary N) is 1. The molecule has 0 aromatic heterocycles. The molecule has 0 aliphatic carbocycles. The summed E-state index contributed by atoms with van der Waals surface area (Å²) >= 11 is 0. The third kappa shape index (κ3) is 4.12. The largest absolute Gasteiger partial charge is 0.355 e. The number of hydrogen-bond acceptors (Lipinski definition) is 5. The number of carbonyl (C=O) groups excluding carboxylic acids is 2. The van der Waals surface area contributed by atoms with E-state index in [0.717, 1.165) is 19.6 Å². The Hall–Kier alpha value is -1.76. The Balaban J connectivity index is 1.71. The van der Waals surface area contributed by atoms with Gasteiger partial charge in [0.25, 0.3) is 0 Å². The minimum atomic E-state index is -0.342. The van der Waals surface area contributed by atoms with Crippen LogP contribution in [0, 0.1) is 0 Å². The van der Waals surface area contributed by atoms with Gasteiger partial charge in [-0.05, 0) is 0 Å². The molecule has 1 atom stereocenters. The van der Waals surface area contributed by atoms with Gasteiger partial charge in [0.2, 0.25) is 11.8 Å². The zero-order valence-electron chi connectivity index (χ0n) is 11.8. The molecule has 0 radical (unpaired) electrons. The lowest BCUT2D eigenvalue weighted by Gasteiger charge is -2.35. The van der Waals surface area contributed by atoms with E-state index < -0.39 is 0 Å². The van der Waals surface area contributed by atoms with E-state index in [-0.39, 0.29) is 17.9 Å². The number of amides is 2. The SMILES string of the molecule is CC(=O)NCCN1CCN(C(=O)C2CN=CC=N2)CC1. The monoisotopic (exact) mass is 279 g/mol. The molecule has 1 unspecified atom stereocenters. The van der Waals surface area contributed by atoms with Crippen molar-refractivity contribution >= 4 is 24.2 Å². The summed E-state index contributed by atoms with van der Waals surface area (Å²) in [5.41, 5.74) is 0. The maximum Gasteiger partial charge on any atom is 0.249 e. The van der Waals surface area contributed by atoms with Crippen LogP contribution in [0.1, 0.15) is 6.92 Å². The molecule has 0 aromatic carbocycles. The maximum absolute atomic E-state index is 12.2. The molecular formula is C13H21N5O2. The minimum absolute atomic E-state index is 0.00507. The fourth-order valence-electron chi connectivity index (χ4n) is 2.33. The highest BCUT2D eigenvalue weighted by atomic mass is 16.2. The van der Waals surface area contributed by atoms with Crippen LogP contribution in [0.15, 0.2) is 9.98 Å². The van der Waals surface area contributed by atoms with Crippen LogP contribution in [0.3, 0.4) is 0 Å². The van der Waals surface area contributed by atoms with Crippen LogP contribution in [0.2, 0.25) is 0 Å². The van der Waals surface area contributed by atoms with E-state index in [0.29, 0.717) is 26.2 Å². The van der Waals surface area contributed by atoms with Gasteiger partial charge in [-0.15, -0.1) is 0 Å². The summed E-state index contributed by atoms with van der Waals surface area (Å²) in [5, 5.41) is 2.78. The molecule has 0 bridgehead atoms. The van der Waals surface area contributed by atoms with E-state index in [4.69, 9.17) is 0 Å². The zero-order chi connectivity index (χ0) is 14.4. The molecule has 110 valence electrons. The molecule has 2 rings (SSSR count). The summed E-state index contributed by atoms with van der Waals surface area (Å²) in [5.74, 6) is 0.0640. The van der Waals surface area contributed by atoms with Gasteiger partial charge in [0.1, 0.15) is 6.04 Å². The number of hydrogen-bond donors (Lipinski definition) is 1. The molecule has 7 heteroatoms. The van der Waals surface area contributed by atoms with E-state index in [1.165, 1.54) is 6.92 Å². The van der Waals surface area contributed by atoms with E-state index in [1.54, 1.807) is 12.4 Å². The van der Waals surface area contributed by atoms with Crippen molar-refractivity contribution in [3.63, 3.8) is 0 Å². The van der Waals surface area contributed by atoms with Gasteiger partial charge in [-0.3, -0.25) is 24.5 Å². The zero-order valence-corrected chi connectivity index (χ0v) is 11.8. The summed E-state index contributed by atoms with van der Waals surface area (Å²) in [7, 11) is 0. The lowest BCUT2D eigenvalue weighted by molar-refractivity contribution is -0.134. The maximum atomic E-state index is 12.2. The topological polar surface area (TPSA) is 77.4 Å². The van der Waals surface area contributed by atoms with Crippen molar-refractivity contribution < 1.29 is 9.59 Å². The predicted octanol–water partition coefficient (Wildman–Crippen LogP) is -1.21. The molecule has 2 heterocycles. The number of rotatable bonds is 4. The lowest BCUT2D eigenvalue weighted by atomic mass is 10.2. The first-order valence-electron chi connectivity index (χ1n) is 6.94. The van der Waals surface area contributed by atoms with Gasteiger partial charge in [0, 0.05) is 58.6 Å². The molecule has 1 fully saturated rings. The standard InChI is InChI=1S/C13H21N5O2/c1-11(19)15-4-5-17-6-8-18(9-7-17)13(20)12-10-14-2-3-16-12/h2-3,12H,4-10H2,1H3,(H,15,19). The first kappa shape index (κ1) is 14.6. The second-order valence-electron chi connectivity index (χ2n) is 4.98. The number of piperazine rings is 1. The Morgan fingerprint density at radius 3 is 2.60 bits per heavy atom. The van der Waals surface area contributed by atoms with Crippen LogP contribution in [0.25, 0.3) is 0 Å². The molecule has 2 aliphatic rings. The molecule has 1 saturated heterocycles. The van der Waals surface area contributed by atoms with Gasteiger partial charge in [-0.1, -0.05) is 0 Å². The molecule has 1 N–H and O–H groups in total. The summed E-state index contributed by atoms with van der Waals surface area (Å²) < 4.78 is 0. The van der Waals surface area contributed by atoms with Gasteiger partial charge >= 0.3 is 0 Å². The number of aliphatic imine (C=N–C) groups is 2. The first-order valence-corrected chi connectivity index (χ1v) is 6.94. The normalized spacial score (nSPS) is 22.9. The molecule has 20 heavy (non-hydrogen) atoms. The number of carbonyl (C=O) groups is 2. The van der Waals surface area contributed by atoms with Crippen molar-refractivity contribution in [3.8, 4) is 0 Å². The Bertz CT molecular complexity index is 413. The van der Waals surface area contributed by atoms with Gasteiger partial charge < -0.3 is 10.2 Å². The Kier molecular flexibility index (Phi) is 5.23. The minimum Gasteiger partial charge on any atom is -0.355 e. The molecule has 2 aliphatic heterocycles. The van der Waals surface area contributed by atoms with Gasteiger partial charge in [-0.2, -0.15) is 0 Å². The average molecular weight is 279 g/mol. The third-order valence-corrected chi connectivity index (χ3v) is 3.49. The predicted molar refractivity (Wildman–Crippen MR) is 77.3 cm³/mol. The second kappa shape index (κ2) is 7.14. The van der Waals surface area contributed by atoms with E-state index in [9.17, 15) is 9.59 Å². The molecule has 0 spiro atoms. The van der Waals surface area contributed by atoms with Crippen molar-refractivity contribution in [2.45, 2.75) is 13.0 Å². The highest BCUT2D eigenvalue weighted by Crippen LogP contribution is 2.07. The quantitative estimate of drug-likeness (QED) is 0.701. The average Bonchev–Trinajstić information content (AvgIpc) is 2.48. The lowest BCUT2D eigenvalue weighted by Crippen LogP contribution is -2.52. The highest BCUT2D eigenvalue weighted by molar-refractivity contribution is 6.17. The van der Waals surface area contributed by atoms with Crippen molar-refractivity contribution in [2.75, 3.05) is 45.8 Å². The fourth-order valence-corrected chi connectivity index (χ4v) is 2.33. The Morgan fingerprint density at radius 1 is 1.25 bits per heavy atom.